The molecule has 0 fully saturated rings. The molecule has 6 heteroatoms. The van der Waals surface area contributed by atoms with Gasteiger partial charge in [-0.25, -0.2) is 4.98 Å². The first kappa shape index (κ1) is 12.2. The van der Waals surface area contributed by atoms with Gasteiger partial charge in [-0.2, -0.15) is 0 Å². The average molecular weight is 275 g/mol. The summed E-state index contributed by atoms with van der Waals surface area (Å²) < 4.78 is 0.242. The van der Waals surface area contributed by atoms with Crippen LogP contribution in [0.1, 0.15) is 36.2 Å². The second-order valence-electron chi connectivity index (χ2n) is 5.72. The van der Waals surface area contributed by atoms with Crippen LogP contribution in [0.4, 0.5) is 0 Å². The first-order valence-corrected chi connectivity index (χ1v) is 6.46. The number of carbonyl (C=O) groups is 1. The van der Waals surface area contributed by atoms with E-state index in [1.807, 2.05) is 13.8 Å². The quantitative estimate of drug-likeness (QED) is 0.722. The number of ketones is 1. The van der Waals surface area contributed by atoms with Gasteiger partial charge in [-0.1, -0.05) is 13.8 Å². The standard InChI is InChI=1S/C13H13N3O2S/c1-13(2)3-6-7(8(17)4-13)5-14-10-9(6)11(18)16-12(19)15-10/h5H,3-4H2,1-2H3,(H2,14,15,16,18,19). The molecule has 5 nitrogen and oxygen atoms in total. The highest BCUT2D eigenvalue weighted by Gasteiger charge is 2.33. The Kier molecular flexibility index (Phi) is 2.47. The molecule has 0 atom stereocenters. The molecule has 3 rings (SSSR count). The van der Waals surface area contributed by atoms with Crippen LogP contribution in [0, 0.1) is 10.2 Å². The van der Waals surface area contributed by atoms with E-state index in [0.717, 1.165) is 5.56 Å². The normalized spacial score (nSPS) is 17.5. The van der Waals surface area contributed by atoms with Crippen LogP contribution in [0.5, 0.6) is 0 Å². The van der Waals surface area contributed by atoms with Crippen LogP contribution in [-0.2, 0) is 6.42 Å². The summed E-state index contributed by atoms with van der Waals surface area (Å²) in [6.07, 6.45) is 2.70. The largest absolute Gasteiger partial charge is 0.316 e. The van der Waals surface area contributed by atoms with Crippen LogP contribution in [0.15, 0.2) is 11.0 Å². The molecule has 1 aliphatic rings. The Hall–Kier alpha value is -1.82. The van der Waals surface area contributed by atoms with Gasteiger partial charge in [0.2, 0.25) is 0 Å². The van der Waals surface area contributed by atoms with Gasteiger partial charge in [-0.05, 0) is 29.6 Å². The maximum absolute atomic E-state index is 12.1. The van der Waals surface area contributed by atoms with E-state index in [1.54, 1.807) is 6.20 Å². The summed E-state index contributed by atoms with van der Waals surface area (Å²) in [5.74, 6) is 0.0440. The second kappa shape index (κ2) is 3.84. The average Bonchev–Trinajstić information content (AvgIpc) is 2.25. The zero-order chi connectivity index (χ0) is 13.8. The third kappa shape index (κ3) is 1.92. The van der Waals surface area contributed by atoms with Crippen molar-refractivity contribution in [1.29, 1.82) is 0 Å². The van der Waals surface area contributed by atoms with Crippen molar-refractivity contribution >= 4 is 29.0 Å². The number of rotatable bonds is 0. The number of aromatic nitrogens is 3. The monoisotopic (exact) mass is 275 g/mol. The molecule has 0 aliphatic heterocycles. The SMILES string of the molecule is CC1(C)CC(=O)c2cnc3[nH]c(=S)[nH]c(=O)c3c2C1. The molecular formula is C13H13N3O2S. The van der Waals surface area contributed by atoms with E-state index in [-0.39, 0.29) is 21.5 Å². The van der Waals surface area contributed by atoms with Crippen molar-refractivity contribution < 1.29 is 4.79 Å². The van der Waals surface area contributed by atoms with E-state index in [0.29, 0.717) is 29.4 Å². The third-order valence-corrected chi connectivity index (χ3v) is 3.67. The first-order chi connectivity index (χ1) is 8.87. The molecule has 0 unspecified atom stereocenters. The Balaban J connectivity index is 2.44. The minimum absolute atomic E-state index is 0.0440. The molecule has 2 N–H and O–H groups in total. The molecule has 0 amide bonds. The van der Waals surface area contributed by atoms with E-state index in [1.165, 1.54) is 0 Å². The molecule has 0 saturated carbocycles. The van der Waals surface area contributed by atoms with Gasteiger partial charge in [-0.3, -0.25) is 14.6 Å². The van der Waals surface area contributed by atoms with Crippen molar-refractivity contribution in [2.24, 2.45) is 5.41 Å². The zero-order valence-corrected chi connectivity index (χ0v) is 11.5. The number of fused-ring (bicyclic) bond motifs is 3. The number of hydrogen-bond donors (Lipinski definition) is 2. The fourth-order valence-corrected chi connectivity index (χ4v) is 2.88. The molecule has 98 valence electrons. The van der Waals surface area contributed by atoms with Crippen LogP contribution in [-0.4, -0.2) is 20.7 Å². The smallest absolute Gasteiger partial charge is 0.261 e. The highest BCUT2D eigenvalue weighted by molar-refractivity contribution is 7.71. The number of hydrogen-bond acceptors (Lipinski definition) is 4. The highest BCUT2D eigenvalue weighted by atomic mass is 32.1. The van der Waals surface area contributed by atoms with Crippen molar-refractivity contribution in [2.45, 2.75) is 26.7 Å². The molecule has 2 aromatic heterocycles. The summed E-state index contributed by atoms with van der Waals surface area (Å²) in [5, 5.41) is 0.451. The van der Waals surface area contributed by atoms with E-state index in [9.17, 15) is 9.59 Å². The Morgan fingerprint density at radius 3 is 2.74 bits per heavy atom. The Bertz CT molecular complexity index is 817. The fourth-order valence-electron chi connectivity index (χ4n) is 2.69. The van der Waals surface area contributed by atoms with Crippen LogP contribution in [0.25, 0.3) is 11.0 Å². The number of Topliss-reactive ketones (excluding diaryl/α,β-unsaturated/α-hetero) is 1. The minimum atomic E-state index is -0.284. The third-order valence-electron chi connectivity index (χ3n) is 3.47. The fraction of sp³-hybridized carbons (Fsp3) is 0.385. The molecule has 19 heavy (non-hydrogen) atoms. The molecule has 0 aromatic carbocycles. The Labute approximate surface area is 114 Å². The predicted octanol–water partition coefficient (Wildman–Crippen LogP) is 2.14. The maximum Gasteiger partial charge on any atom is 0.261 e. The molecule has 2 heterocycles. The van der Waals surface area contributed by atoms with Crippen LogP contribution in [0.3, 0.4) is 0 Å². The van der Waals surface area contributed by atoms with Gasteiger partial charge in [0, 0.05) is 18.2 Å². The van der Waals surface area contributed by atoms with Gasteiger partial charge < -0.3 is 4.98 Å². The second-order valence-corrected chi connectivity index (χ2v) is 6.13. The highest BCUT2D eigenvalue weighted by Crippen LogP contribution is 2.36. The van der Waals surface area contributed by atoms with Crippen LogP contribution >= 0.6 is 12.2 Å². The van der Waals surface area contributed by atoms with Crippen molar-refractivity contribution in [1.82, 2.24) is 15.0 Å². The summed E-state index contributed by atoms with van der Waals surface area (Å²) in [4.78, 5) is 33.8. The van der Waals surface area contributed by atoms with Gasteiger partial charge in [0.25, 0.3) is 5.56 Å². The lowest BCUT2D eigenvalue weighted by Crippen LogP contribution is -2.29. The summed E-state index contributed by atoms with van der Waals surface area (Å²) in [6, 6.07) is 0. The molecule has 2 aromatic rings. The van der Waals surface area contributed by atoms with E-state index in [4.69, 9.17) is 12.2 Å². The predicted molar refractivity (Wildman–Crippen MR) is 74.0 cm³/mol. The van der Waals surface area contributed by atoms with Gasteiger partial charge >= 0.3 is 0 Å². The lowest BCUT2D eigenvalue weighted by molar-refractivity contribution is 0.0912. The number of H-pyrrole nitrogens is 2. The van der Waals surface area contributed by atoms with Gasteiger partial charge in [-0.15, -0.1) is 0 Å². The lowest BCUT2D eigenvalue weighted by atomic mass is 9.73. The summed E-state index contributed by atoms with van der Waals surface area (Å²) >= 11 is 4.93. The molecule has 0 bridgehead atoms. The van der Waals surface area contributed by atoms with Crippen molar-refractivity contribution in [3.05, 3.63) is 32.4 Å². The van der Waals surface area contributed by atoms with Crippen LogP contribution < -0.4 is 5.56 Å². The first-order valence-electron chi connectivity index (χ1n) is 6.05. The molecule has 0 radical (unpaired) electrons. The summed E-state index contributed by atoms with van der Waals surface area (Å²) in [5.41, 5.74) is 1.35. The number of nitrogens with one attached hydrogen (secondary N) is 2. The maximum atomic E-state index is 12.1. The number of nitrogens with zero attached hydrogens (tertiary/aromatic N) is 1. The van der Waals surface area contributed by atoms with Crippen LogP contribution in [0.2, 0.25) is 0 Å². The van der Waals surface area contributed by atoms with Crippen molar-refractivity contribution in [3.8, 4) is 0 Å². The number of pyridine rings is 1. The van der Waals surface area contributed by atoms with Gasteiger partial charge in [0.05, 0.1) is 5.39 Å². The molecule has 0 spiro atoms. The molecular weight excluding hydrogens is 262 g/mol. The Morgan fingerprint density at radius 2 is 2.00 bits per heavy atom. The van der Waals surface area contributed by atoms with E-state index >= 15 is 0 Å². The topological polar surface area (TPSA) is 78.6 Å². The van der Waals surface area contributed by atoms with Gasteiger partial charge in [0.1, 0.15) is 5.65 Å². The minimum Gasteiger partial charge on any atom is -0.316 e. The molecule has 0 saturated heterocycles. The van der Waals surface area contributed by atoms with Crippen molar-refractivity contribution in [3.63, 3.8) is 0 Å². The van der Waals surface area contributed by atoms with E-state index < -0.39 is 0 Å². The zero-order valence-electron chi connectivity index (χ0n) is 10.7. The van der Waals surface area contributed by atoms with E-state index in [2.05, 4.69) is 15.0 Å². The number of carbonyl (C=O) groups excluding carboxylic acids is 1. The lowest BCUT2D eigenvalue weighted by Gasteiger charge is -2.30. The number of aromatic amines is 2. The summed E-state index contributed by atoms with van der Waals surface area (Å²) in [7, 11) is 0. The summed E-state index contributed by atoms with van der Waals surface area (Å²) in [6.45, 7) is 4.05. The van der Waals surface area contributed by atoms with Crippen molar-refractivity contribution in [2.75, 3.05) is 0 Å². The Morgan fingerprint density at radius 1 is 1.26 bits per heavy atom. The molecule has 1 aliphatic carbocycles. The van der Waals surface area contributed by atoms with Gasteiger partial charge in [0.15, 0.2) is 10.6 Å².